The zero-order chi connectivity index (χ0) is 23.6. The van der Waals surface area contributed by atoms with Gasteiger partial charge in [0.15, 0.2) is 11.5 Å². The Morgan fingerprint density at radius 1 is 1.03 bits per heavy atom. The zero-order valence-corrected chi connectivity index (χ0v) is 19.7. The van der Waals surface area contributed by atoms with Gasteiger partial charge < -0.3 is 23.8 Å². The Labute approximate surface area is 195 Å². The van der Waals surface area contributed by atoms with Crippen LogP contribution in [-0.2, 0) is 27.3 Å². The van der Waals surface area contributed by atoms with Crippen molar-refractivity contribution < 1.29 is 28.5 Å². The van der Waals surface area contributed by atoms with Crippen molar-refractivity contribution in [2.75, 3.05) is 33.9 Å². The normalized spacial score (nSPS) is 15.6. The molecule has 3 rings (SSSR count). The van der Waals surface area contributed by atoms with E-state index in [0.29, 0.717) is 31.9 Å². The molecule has 33 heavy (non-hydrogen) atoms. The van der Waals surface area contributed by atoms with Gasteiger partial charge in [0, 0.05) is 13.1 Å². The summed E-state index contributed by atoms with van der Waals surface area (Å²) in [5, 5.41) is 0. The Morgan fingerprint density at radius 3 is 2.55 bits per heavy atom. The fourth-order valence-electron chi connectivity index (χ4n) is 4.08. The van der Waals surface area contributed by atoms with Crippen molar-refractivity contribution in [3.63, 3.8) is 0 Å². The van der Waals surface area contributed by atoms with Crippen molar-refractivity contribution in [3.05, 3.63) is 59.2 Å². The van der Waals surface area contributed by atoms with Gasteiger partial charge in [-0.15, -0.1) is 0 Å². The van der Waals surface area contributed by atoms with Crippen LogP contribution in [0.1, 0.15) is 36.0 Å². The number of benzene rings is 2. The minimum Gasteiger partial charge on any atom is -0.493 e. The summed E-state index contributed by atoms with van der Waals surface area (Å²) in [7, 11) is 3.24. The molecular weight excluding hydrogens is 422 g/mol. The number of carbonyl (C=O) groups excluding carboxylic acids is 2. The lowest BCUT2D eigenvalue weighted by molar-refractivity contribution is -0.150. The van der Waals surface area contributed by atoms with Gasteiger partial charge in [0.2, 0.25) is 0 Å². The van der Waals surface area contributed by atoms with Gasteiger partial charge in [0.25, 0.3) is 0 Å². The van der Waals surface area contributed by atoms with Crippen LogP contribution < -0.4 is 9.47 Å². The van der Waals surface area contributed by atoms with Gasteiger partial charge in [-0.1, -0.05) is 36.4 Å². The van der Waals surface area contributed by atoms with E-state index in [-0.39, 0.29) is 24.6 Å². The number of esters is 1. The van der Waals surface area contributed by atoms with Crippen molar-refractivity contribution >= 4 is 12.1 Å². The molecule has 7 heteroatoms. The summed E-state index contributed by atoms with van der Waals surface area (Å²) >= 11 is 0. The lowest BCUT2D eigenvalue weighted by Gasteiger charge is -2.30. The predicted octanol–water partition coefficient (Wildman–Crippen LogP) is 4.54. The molecule has 1 amide bonds. The third kappa shape index (κ3) is 6.88. The molecule has 0 N–H and O–H groups in total. The third-order valence-corrected chi connectivity index (χ3v) is 5.80. The number of ether oxygens (including phenoxy) is 4. The van der Waals surface area contributed by atoms with E-state index < -0.39 is 0 Å². The second kappa shape index (κ2) is 12.1. The number of likely N-dealkylation sites (tertiary alicyclic amines) is 1. The number of hydrogen-bond donors (Lipinski definition) is 0. The molecule has 7 nitrogen and oxygen atoms in total. The van der Waals surface area contributed by atoms with Crippen molar-refractivity contribution in [3.8, 4) is 11.5 Å². The average molecular weight is 456 g/mol. The summed E-state index contributed by atoms with van der Waals surface area (Å²) in [6, 6.07) is 13.6. The SMILES string of the molecule is COc1cc(CCCOC(=O)C2CCCN(C(=O)OCc3ccccc3)C2)cc(C)c1OC. The summed E-state index contributed by atoms with van der Waals surface area (Å²) in [6.45, 7) is 3.46. The molecule has 2 aromatic carbocycles. The van der Waals surface area contributed by atoms with Gasteiger partial charge in [0.1, 0.15) is 6.61 Å². The van der Waals surface area contributed by atoms with Gasteiger partial charge in [-0.3, -0.25) is 4.79 Å². The molecular formula is C26H33NO6. The number of aryl methyl sites for hydroxylation is 2. The number of rotatable bonds is 9. The molecule has 1 heterocycles. The fourth-order valence-corrected chi connectivity index (χ4v) is 4.08. The maximum absolute atomic E-state index is 12.6. The number of piperidine rings is 1. The monoisotopic (exact) mass is 455 g/mol. The molecule has 1 atom stereocenters. The van der Waals surface area contributed by atoms with Crippen LogP contribution in [0.4, 0.5) is 4.79 Å². The highest BCUT2D eigenvalue weighted by Crippen LogP contribution is 2.32. The molecule has 0 aliphatic carbocycles. The van der Waals surface area contributed by atoms with E-state index in [1.165, 1.54) is 0 Å². The third-order valence-electron chi connectivity index (χ3n) is 5.80. The first-order valence-electron chi connectivity index (χ1n) is 11.4. The molecule has 1 unspecified atom stereocenters. The van der Waals surface area contributed by atoms with Crippen LogP contribution >= 0.6 is 0 Å². The Balaban J connectivity index is 1.42. The van der Waals surface area contributed by atoms with Gasteiger partial charge >= 0.3 is 12.1 Å². The first-order valence-corrected chi connectivity index (χ1v) is 11.4. The van der Waals surface area contributed by atoms with Crippen molar-refractivity contribution in [1.82, 2.24) is 4.90 Å². The number of hydrogen-bond acceptors (Lipinski definition) is 6. The topological polar surface area (TPSA) is 74.3 Å². The first kappa shape index (κ1) is 24.4. The Morgan fingerprint density at radius 2 is 1.82 bits per heavy atom. The van der Waals surface area contributed by atoms with Crippen LogP contribution in [0.5, 0.6) is 11.5 Å². The first-order chi connectivity index (χ1) is 16.0. The number of nitrogens with zero attached hydrogens (tertiary/aromatic N) is 1. The molecule has 1 saturated heterocycles. The standard InChI is InChI=1S/C26H33NO6/c1-19-15-21(16-23(30-2)24(19)31-3)11-8-14-32-25(28)22-12-7-13-27(17-22)26(29)33-18-20-9-5-4-6-10-20/h4-6,9-10,15-16,22H,7-8,11-14,17-18H2,1-3H3. The maximum atomic E-state index is 12.6. The smallest absolute Gasteiger partial charge is 0.410 e. The van der Waals surface area contributed by atoms with Crippen LogP contribution in [0.2, 0.25) is 0 Å². The fraction of sp³-hybridized carbons (Fsp3) is 0.462. The minimum atomic E-state index is -0.389. The van der Waals surface area contributed by atoms with Crippen LogP contribution in [0.3, 0.4) is 0 Å². The molecule has 0 radical (unpaired) electrons. The van der Waals surface area contributed by atoms with E-state index in [1.807, 2.05) is 43.3 Å². The lowest BCUT2D eigenvalue weighted by Crippen LogP contribution is -2.43. The second-order valence-corrected chi connectivity index (χ2v) is 8.24. The Hall–Kier alpha value is -3.22. The van der Waals surface area contributed by atoms with E-state index >= 15 is 0 Å². The van der Waals surface area contributed by atoms with E-state index in [2.05, 4.69) is 6.07 Å². The molecule has 1 aliphatic heterocycles. The van der Waals surface area contributed by atoms with Crippen LogP contribution in [-0.4, -0.2) is 50.9 Å². The summed E-state index contributed by atoms with van der Waals surface area (Å²) in [6.07, 6.45) is 2.55. The molecule has 0 aromatic heterocycles. The number of amides is 1. The highest BCUT2D eigenvalue weighted by atomic mass is 16.6. The lowest BCUT2D eigenvalue weighted by atomic mass is 9.98. The molecule has 1 fully saturated rings. The highest BCUT2D eigenvalue weighted by molar-refractivity contribution is 5.74. The second-order valence-electron chi connectivity index (χ2n) is 8.24. The van der Waals surface area contributed by atoms with Crippen LogP contribution in [0.25, 0.3) is 0 Å². The van der Waals surface area contributed by atoms with Gasteiger partial charge in [0.05, 0.1) is 26.7 Å². The summed E-state index contributed by atoms with van der Waals surface area (Å²) in [4.78, 5) is 26.6. The van der Waals surface area contributed by atoms with E-state index in [0.717, 1.165) is 41.7 Å². The molecule has 1 aliphatic rings. The van der Waals surface area contributed by atoms with E-state index in [4.69, 9.17) is 18.9 Å². The predicted molar refractivity (Wildman–Crippen MR) is 124 cm³/mol. The van der Waals surface area contributed by atoms with Crippen LogP contribution in [0.15, 0.2) is 42.5 Å². The molecule has 0 spiro atoms. The minimum absolute atomic E-state index is 0.223. The van der Waals surface area contributed by atoms with Crippen molar-refractivity contribution in [2.45, 2.75) is 39.2 Å². The summed E-state index contributed by atoms with van der Waals surface area (Å²) < 4.78 is 21.7. The zero-order valence-electron chi connectivity index (χ0n) is 19.7. The highest BCUT2D eigenvalue weighted by Gasteiger charge is 2.30. The van der Waals surface area contributed by atoms with Crippen molar-refractivity contribution in [1.29, 1.82) is 0 Å². The quantitative estimate of drug-likeness (QED) is 0.408. The molecule has 0 bridgehead atoms. The van der Waals surface area contributed by atoms with E-state index in [1.54, 1.807) is 19.1 Å². The summed E-state index contributed by atoms with van der Waals surface area (Å²) in [5.41, 5.74) is 3.04. The molecule has 178 valence electrons. The Kier molecular flexibility index (Phi) is 8.98. The average Bonchev–Trinajstić information content (AvgIpc) is 2.85. The van der Waals surface area contributed by atoms with Gasteiger partial charge in [-0.25, -0.2) is 4.79 Å². The van der Waals surface area contributed by atoms with Crippen molar-refractivity contribution in [2.24, 2.45) is 5.92 Å². The molecule has 2 aromatic rings. The number of carbonyl (C=O) groups is 2. The van der Waals surface area contributed by atoms with Crippen LogP contribution in [0, 0.1) is 12.8 Å². The molecule has 0 saturated carbocycles. The number of methoxy groups -OCH3 is 2. The van der Waals surface area contributed by atoms with Gasteiger partial charge in [-0.05, 0) is 55.4 Å². The Bertz CT molecular complexity index is 930. The largest absolute Gasteiger partial charge is 0.493 e. The summed E-state index contributed by atoms with van der Waals surface area (Å²) in [5.74, 6) is 0.869. The van der Waals surface area contributed by atoms with Gasteiger partial charge in [-0.2, -0.15) is 0 Å². The van der Waals surface area contributed by atoms with E-state index in [9.17, 15) is 9.59 Å². The maximum Gasteiger partial charge on any atom is 0.410 e.